The van der Waals surface area contributed by atoms with Crippen LogP contribution in [0.2, 0.25) is 0 Å². The minimum atomic E-state index is -1.49. The van der Waals surface area contributed by atoms with Crippen molar-refractivity contribution >= 4 is 17.5 Å². The van der Waals surface area contributed by atoms with Crippen molar-refractivity contribution < 1.29 is 14.3 Å². The molecule has 0 radical (unpaired) electrons. The Morgan fingerprint density at radius 2 is 1.80 bits per heavy atom. The van der Waals surface area contributed by atoms with Crippen LogP contribution in [0.1, 0.15) is 24.0 Å². The van der Waals surface area contributed by atoms with E-state index in [2.05, 4.69) is 12.1 Å². The number of carbonyl (C=O) groups excluding carboxylic acids is 1. The lowest BCUT2D eigenvalue weighted by Gasteiger charge is -2.35. The van der Waals surface area contributed by atoms with E-state index in [4.69, 9.17) is 9.47 Å². The number of benzene rings is 2. The monoisotopic (exact) mass is 399 g/mol. The lowest BCUT2D eigenvalue weighted by molar-refractivity contribution is -0.118. The van der Waals surface area contributed by atoms with E-state index in [0.29, 0.717) is 17.1 Å². The Labute approximate surface area is 175 Å². The fraction of sp³-hybridized carbons (Fsp3) is 0.292. The summed E-state index contributed by atoms with van der Waals surface area (Å²) in [5.41, 5.74) is 0.910. The number of hydrogen-bond acceptors (Lipinski definition) is 6. The molecule has 0 bridgehead atoms. The minimum absolute atomic E-state index is 0.118. The van der Waals surface area contributed by atoms with E-state index in [9.17, 15) is 15.3 Å². The molecule has 4 rings (SSSR count). The number of anilines is 1. The maximum Gasteiger partial charge on any atom is 0.176 e. The predicted molar refractivity (Wildman–Crippen MR) is 112 cm³/mol. The van der Waals surface area contributed by atoms with Gasteiger partial charge in [0.15, 0.2) is 22.7 Å². The fourth-order valence-electron chi connectivity index (χ4n) is 4.89. The van der Waals surface area contributed by atoms with Crippen LogP contribution in [0.25, 0.3) is 6.08 Å². The van der Waals surface area contributed by atoms with Crippen LogP contribution in [-0.2, 0) is 4.79 Å². The Morgan fingerprint density at radius 1 is 1.07 bits per heavy atom. The summed E-state index contributed by atoms with van der Waals surface area (Å²) in [6, 6.07) is 16.3. The summed E-state index contributed by atoms with van der Waals surface area (Å²) in [5, 5.41) is 20.6. The Kier molecular flexibility index (Phi) is 4.72. The summed E-state index contributed by atoms with van der Waals surface area (Å²) in [6.45, 7) is 1.51. The highest BCUT2D eigenvalue weighted by Gasteiger charge is 2.63. The standard InChI is InChI=1S/C24H21N3O3/c1-15(28)22-21(17-8-6-10-19(29-2)23(17)30-3)24(13-25,14-26)20-12-11-16-7-4-5-9-18(16)27(20)22/h4-12,20-22H,1-3H3. The molecular weight excluding hydrogens is 378 g/mol. The van der Waals surface area contributed by atoms with Gasteiger partial charge >= 0.3 is 0 Å². The highest BCUT2D eigenvalue weighted by molar-refractivity contribution is 5.91. The zero-order valence-corrected chi connectivity index (χ0v) is 17.0. The third-order valence-corrected chi connectivity index (χ3v) is 6.10. The number of nitrogens with zero attached hydrogens (tertiary/aromatic N) is 3. The smallest absolute Gasteiger partial charge is 0.176 e. The molecule has 3 unspecified atom stereocenters. The first-order valence-electron chi connectivity index (χ1n) is 9.63. The van der Waals surface area contributed by atoms with Gasteiger partial charge in [-0.1, -0.05) is 42.5 Å². The molecule has 30 heavy (non-hydrogen) atoms. The summed E-state index contributed by atoms with van der Waals surface area (Å²) in [4.78, 5) is 14.9. The molecule has 2 aromatic rings. The predicted octanol–water partition coefficient (Wildman–Crippen LogP) is 3.69. The van der Waals surface area contributed by atoms with Crippen molar-refractivity contribution in [2.75, 3.05) is 19.1 Å². The molecule has 0 saturated carbocycles. The molecule has 1 fully saturated rings. The van der Waals surface area contributed by atoms with Gasteiger partial charge in [0.2, 0.25) is 0 Å². The van der Waals surface area contributed by atoms with E-state index in [-0.39, 0.29) is 5.78 Å². The Balaban J connectivity index is 2.04. The molecule has 2 aliphatic rings. The van der Waals surface area contributed by atoms with Gasteiger partial charge in [0.25, 0.3) is 0 Å². The topological polar surface area (TPSA) is 86.4 Å². The number of ether oxygens (including phenoxy) is 2. The molecule has 2 aliphatic heterocycles. The average Bonchev–Trinajstić information content (AvgIpc) is 3.09. The Bertz CT molecular complexity index is 1110. The van der Waals surface area contributed by atoms with Crippen LogP contribution in [0.3, 0.4) is 0 Å². The molecule has 1 saturated heterocycles. The van der Waals surface area contributed by atoms with Crippen molar-refractivity contribution in [3.63, 3.8) is 0 Å². The second kappa shape index (κ2) is 7.24. The Morgan fingerprint density at radius 3 is 2.43 bits per heavy atom. The summed E-state index contributed by atoms with van der Waals surface area (Å²) in [7, 11) is 3.05. The first-order valence-corrected chi connectivity index (χ1v) is 9.63. The number of ketones is 1. The zero-order valence-electron chi connectivity index (χ0n) is 17.0. The molecule has 0 aromatic heterocycles. The molecule has 0 amide bonds. The fourth-order valence-corrected chi connectivity index (χ4v) is 4.89. The van der Waals surface area contributed by atoms with Crippen LogP contribution < -0.4 is 14.4 Å². The second-order valence-corrected chi connectivity index (χ2v) is 7.48. The SMILES string of the molecule is COc1cccc(C2C(C(C)=O)N3c4ccccc4C=CC3C2(C#N)C#N)c1OC. The molecule has 6 nitrogen and oxygen atoms in total. The van der Waals surface area contributed by atoms with E-state index in [1.54, 1.807) is 18.2 Å². The highest BCUT2D eigenvalue weighted by atomic mass is 16.5. The summed E-state index contributed by atoms with van der Waals surface area (Å²) in [5.74, 6) is 0.0781. The molecule has 0 aliphatic carbocycles. The van der Waals surface area contributed by atoms with Crippen LogP contribution in [0, 0.1) is 28.1 Å². The molecular formula is C24H21N3O3. The normalized spacial score (nSPS) is 23.0. The largest absolute Gasteiger partial charge is 0.493 e. The van der Waals surface area contributed by atoms with Gasteiger partial charge in [0, 0.05) is 17.2 Å². The van der Waals surface area contributed by atoms with Gasteiger partial charge in [-0.2, -0.15) is 10.5 Å². The van der Waals surface area contributed by atoms with Crippen LogP contribution in [0.4, 0.5) is 5.69 Å². The van der Waals surface area contributed by atoms with Crippen LogP contribution in [0.15, 0.2) is 48.5 Å². The molecule has 2 aromatic carbocycles. The van der Waals surface area contributed by atoms with Gasteiger partial charge in [-0.05, 0) is 24.6 Å². The molecule has 150 valence electrons. The average molecular weight is 399 g/mol. The number of carbonyl (C=O) groups is 1. The van der Waals surface area contributed by atoms with Crippen molar-refractivity contribution in [2.45, 2.75) is 24.9 Å². The van der Waals surface area contributed by atoms with Gasteiger partial charge in [-0.15, -0.1) is 0 Å². The number of fused-ring (bicyclic) bond motifs is 3. The quantitative estimate of drug-likeness (QED) is 0.779. The van der Waals surface area contributed by atoms with Crippen LogP contribution >= 0.6 is 0 Å². The number of rotatable bonds is 4. The first-order chi connectivity index (χ1) is 14.5. The highest BCUT2D eigenvalue weighted by Crippen LogP contribution is 2.57. The first kappa shape index (κ1) is 19.5. The summed E-state index contributed by atoms with van der Waals surface area (Å²) in [6.07, 6.45) is 3.78. The molecule has 0 N–H and O–H groups in total. The number of para-hydroxylation sites is 2. The number of Topliss-reactive ketones (excluding diaryl/α,β-unsaturated/α-hetero) is 1. The van der Waals surface area contributed by atoms with Crippen molar-refractivity contribution in [2.24, 2.45) is 5.41 Å². The second-order valence-electron chi connectivity index (χ2n) is 7.48. The van der Waals surface area contributed by atoms with Crippen molar-refractivity contribution in [1.29, 1.82) is 10.5 Å². The van der Waals surface area contributed by atoms with Crippen molar-refractivity contribution in [1.82, 2.24) is 0 Å². The minimum Gasteiger partial charge on any atom is -0.493 e. The van der Waals surface area contributed by atoms with Crippen LogP contribution in [-0.4, -0.2) is 32.1 Å². The van der Waals surface area contributed by atoms with Gasteiger partial charge in [-0.25, -0.2) is 0 Å². The molecule has 0 spiro atoms. The lowest BCUT2D eigenvalue weighted by Crippen LogP contribution is -2.43. The molecule has 3 atom stereocenters. The number of nitriles is 2. The molecule has 2 heterocycles. The summed E-state index contributed by atoms with van der Waals surface area (Å²) < 4.78 is 11.1. The Hall–Kier alpha value is -3.77. The maximum absolute atomic E-state index is 13.0. The van der Waals surface area contributed by atoms with E-state index in [0.717, 1.165) is 11.3 Å². The van der Waals surface area contributed by atoms with E-state index < -0.39 is 23.4 Å². The lowest BCUT2D eigenvalue weighted by atomic mass is 9.69. The van der Waals surface area contributed by atoms with Gasteiger partial charge in [0.05, 0.1) is 38.4 Å². The third-order valence-electron chi connectivity index (χ3n) is 6.10. The maximum atomic E-state index is 13.0. The van der Waals surface area contributed by atoms with E-state index in [1.165, 1.54) is 21.1 Å². The van der Waals surface area contributed by atoms with Gasteiger partial charge in [-0.3, -0.25) is 4.79 Å². The van der Waals surface area contributed by atoms with E-state index >= 15 is 0 Å². The van der Waals surface area contributed by atoms with Gasteiger partial charge in [0.1, 0.15) is 0 Å². The molecule has 6 heteroatoms. The van der Waals surface area contributed by atoms with Crippen molar-refractivity contribution in [3.8, 4) is 23.6 Å². The zero-order chi connectivity index (χ0) is 21.5. The third kappa shape index (κ3) is 2.51. The van der Waals surface area contributed by atoms with E-state index in [1.807, 2.05) is 41.3 Å². The van der Waals surface area contributed by atoms with Crippen LogP contribution in [0.5, 0.6) is 11.5 Å². The number of methoxy groups -OCH3 is 2. The van der Waals surface area contributed by atoms with Crippen molar-refractivity contribution in [3.05, 3.63) is 59.7 Å². The van der Waals surface area contributed by atoms with Gasteiger partial charge < -0.3 is 14.4 Å². The number of hydrogen-bond donors (Lipinski definition) is 0. The summed E-state index contributed by atoms with van der Waals surface area (Å²) >= 11 is 0.